The number of hydrogen-bond donors (Lipinski definition) is 1. The van der Waals surface area contributed by atoms with Crippen molar-refractivity contribution in [1.82, 2.24) is 4.90 Å². The van der Waals surface area contributed by atoms with Crippen LogP contribution in [0.5, 0.6) is 0 Å². The highest BCUT2D eigenvalue weighted by Gasteiger charge is 2.36. The van der Waals surface area contributed by atoms with Crippen LogP contribution in [0, 0.1) is 11.7 Å². The smallest absolute Gasteiger partial charge is 0.229 e. The number of hydrogen-bond acceptors (Lipinski definition) is 4. The minimum absolute atomic E-state index is 0.0462. The molecule has 2 aromatic rings. The number of carbonyl (C=O) groups is 2. The van der Waals surface area contributed by atoms with Crippen molar-refractivity contribution in [3.63, 3.8) is 0 Å². The highest BCUT2D eigenvalue weighted by Crippen LogP contribution is 2.32. The lowest BCUT2D eigenvalue weighted by atomic mass is 10.1. The van der Waals surface area contributed by atoms with E-state index < -0.39 is 11.7 Å². The van der Waals surface area contributed by atoms with Crippen LogP contribution < -0.4 is 15.1 Å². The summed E-state index contributed by atoms with van der Waals surface area (Å²) in [5.41, 5.74) is 1.75. The van der Waals surface area contributed by atoms with E-state index in [0.717, 1.165) is 31.9 Å². The van der Waals surface area contributed by atoms with Gasteiger partial charge < -0.3 is 20.0 Å². The zero-order valence-electron chi connectivity index (χ0n) is 16.8. The maximum atomic E-state index is 14.1. The fourth-order valence-corrected chi connectivity index (χ4v) is 4.13. The lowest BCUT2D eigenvalue weighted by Crippen LogP contribution is -2.44. The van der Waals surface area contributed by atoms with Gasteiger partial charge >= 0.3 is 0 Å². The van der Waals surface area contributed by atoms with Crippen molar-refractivity contribution >= 4 is 40.5 Å². The zero-order valence-corrected chi connectivity index (χ0v) is 17.5. The van der Waals surface area contributed by atoms with Gasteiger partial charge in [-0.05, 0) is 37.4 Å². The summed E-state index contributed by atoms with van der Waals surface area (Å²) in [5, 5.41) is 3.48. The van der Waals surface area contributed by atoms with E-state index in [-0.39, 0.29) is 30.5 Å². The molecule has 2 saturated heterocycles. The van der Waals surface area contributed by atoms with Crippen LogP contribution in [0.4, 0.5) is 21.5 Å². The third kappa shape index (κ3) is 4.27. The van der Waals surface area contributed by atoms with Crippen molar-refractivity contribution in [3.05, 3.63) is 53.3 Å². The largest absolute Gasteiger partial charge is 0.367 e. The fraction of sp³-hybridized carbons (Fsp3) is 0.364. The number of carbonyl (C=O) groups excluding carboxylic acids is 2. The summed E-state index contributed by atoms with van der Waals surface area (Å²) in [6.45, 7) is 3.72. The third-order valence-corrected chi connectivity index (χ3v) is 5.93. The lowest BCUT2D eigenvalue weighted by molar-refractivity contribution is -0.122. The van der Waals surface area contributed by atoms with E-state index in [1.807, 2.05) is 12.1 Å². The van der Waals surface area contributed by atoms with Gasteiger partial charge in [-0.1, -0.05) is 23.7 Å². The van der Waals surface area contributed by atoms with Crippen LogP contribution in [0.1, 0.15) is 6.42 Å². The molecule has 6 nitrogen and oxygen atoms in total. The van der Waals surface area contributed by atoms with E-state index in [1.54, 1.807) is 24.3 Å². The molecule has 1 N–H and O–H groups in total. The minimum Gasteiger partial charge on any atom is -0.367 e. The molecule has 4 rings (SSSR count). The number of piperazine rings is 1. The first kappa shape index (κ1) is 20.6. The van der Waals surface area contributed by atoms with Gasteiger partial charge in [0.2, 0.25) is 11.8 Å². The molecule has 2 fully saturated rings. The van der Waals surface area contributed by atoms with E-state index in [0.29, 0.717) is 10.7 Å². The average molecular weight is 431 g/mol. The molecule has 2 amide bonds. The van der Waals surface area contributed by atoms with Crippen LogP contribution in [0.15, 0.2) is 42.5 Å². The molecule has 2 aliphatic rings. The topological polar surface area (TPSA) is 55.9 Å². The molecule has 2 heterocycles. The molecule has 1 unspecified atom stereocenters. The second-order valence-corrected chi connectivity index (χ2v) is 8.23. The number of nitrogens with zero attached hydrogens (tertiary/aromatic N) is 3. The summed E-state index contributed by atoms with van der Waals surface area (Å²) in [7, 11) is 2.08. The number of benzene rings is 2. The van der Waals surface area contributed by atoms with Crippen LogP contribution in [0.3, 0.4) is 0 Å². The van der Waals surface area contributed by atoms with Gasteiger partial charge in [0.05, 0.1) is 23.0 Å². The predicted molar refractivity (Wildman–Crippen MR) is 117 cm³/mol. The lowest BCUT2D eigenvalue weighted by Gasteiger charge is -2.35. The van der Waals surface area contributed by atoms with Gasteiger partial charge in [0, 0.05) is 44.2 Å². The molecule has 30 heavy (non-hydrogen) atoms. The Kier molecular flexibility index (Phi) is 5.92. The first-order chi connectivity index (χ1) is 14.4. The van der Waals surface area contributed by atoms with E-state index in [2.05, 4.69) is 22.2 Å². The van der Waals surface area contributed by atoms with Gasteiger partial charge in [-0.2, -0.15) is 0 Å². The molecule has 0 radical (unpaired) electrons. The Morgan fingerprint density at radius 2 is 1.83 bits per heavy atom. The molecule has 2 aromatic carbocycles. The molecule has 0 saturated carbocycles. The van der Waals surface area contributed by atoms with Crippen molar-refractivity contribution in [2.45, 2.75) is 6.42 Å². The number of para-hydroxylation sites is 1. The number of likely N-dealkylation sites (N-methyl/N-ethyl adjacent to an activating group) is 1. The molecule has 8 heteroatoms. The van der Waals surface area contributed by atoms with Gasteiger partial charge in [-0.3, -0.25) is 9.59 Å². The zero-order chi connectivity index (χ0) is 21.3. The summed E-state index contributed by atoms with van der Waals surface area (Å²) >= 11 is 6.18. The second-order valence-electron chi connectivity index (χ2n) is 7.80. The van der Waals surface area contributed by atoms with E-state index >= 15 is 0 Å². The molecular weight excluding hydrogens is 407 g/mol. The predicted octanol–water partition coefficient (Wildman–Crippen LogP) is 3.22. The fourth-order valence-electron chi connectivity index (χ4n) is 3.95. The Hall–Kier alpha value is -2.64. The molecule has 0 aromatic heterocycles. The van der Waals surface area contributed by atoms with Crippen LogP contribution in [0.25, 0.3) is 0 Å². The Labute approximate surface area is 180 Å². The molecule has 0 spiro atoms. The maximum Gasteiger partial charge on any atom is 0.229 e. The summed E-state index contributed by atoms with van der Waals surface area (Å²) in [6, 6.07) is 11.6. The van der Waals surface area contributed by atoms with E-state index in [1.165, 1.54) is 11.0 Å². The van der Waals surface area contributed by atoms with Crippen LogP contribution >= 0.6 is 11.6 Å². The van der Waals surface area contributed by atoms with Crippen LogP contribution in [-0.4, -0.2) is 56.5 Å². The number of halogens is 2. The normalized spacial score (nSPS) is 20.0. The number of rotatable bonds is 4. The molecule has 0 aliphatic carbocycles. The Balaban J connectivity index is 1.50. The van der Waals surface area contributed by atoms with Crippen molar-refractivity contribution in [1.29, 1.82) is 0 Å². The van der Waals surface area contributed by atoms with Crippen molar-refractivity contribution in [2.75, 3.05) is 54.9 Å². The SMILES string of the molecule is CN1CCN(c2ccc(Cl)cc2NC(=O)C2CC(=O)N(c3ccccc3F)C2)CC1. The first-order valence-electron chi connectivity index (χ1n) is 10.0. The standard InChI is InChI=1S/C22H24ClFN4O2/c1-26-8-10-27(11-9-26)20-7-6-16(23)13-18(20)25-22(30)15-12-21(29)28(14-15)19-5-3-2-4-17(19)24/h2-7,13,15H,8-12,14H2,1H3,(H,25,30). The number of amides is 2. The molecule has 1 atom stereocenters. The molecule has 158 valence electrons. The van der Waals surface area contributed by atoms with Crippen molar-refractivity contribution < 1.29 is 14.0 Å². The summed E-state index contributed by atoms with van der Waals surface area (Å²) in [4.78, 5) is 31.2. The summed E-state index contributed by atoms with van der Waals surface area (Å²) < 4.78 is 14.1. The maximum absolute atomic E-state index is 14.1. The summed E-state index contributed by atoms with van der Waals surface area (Å²) in [6.07, 6.45) is 0.0462. The monoisotopic (exact) mass is 430 g/mol. The number of anilines is 3. The minimum atomic E-state index is -0.559. The van der Waals surface area contributed by atoms with Crippen molar-refractivity contribution in [2.24, 2.45) is 5.92 Å². The van der Waals surface area contributed by atoms with Crippen LogP contribution in [-0.2, 0) is 9.59 Å². The van der Waals surface area contributed by atoms with Gasteiger partial charge in [-0.15, -0.1) is 0 Å². The van der Waals surface area contributed by atoms with Gasteiger partial charge in [0.15, 0.2) is 0 Å². The molecule has 2 aliphatic heterocycles. The van der Waals surface area contributed by atoms with Crippen molar-refractivity contribution in [3.8, 4) is 0 Å². The highest BCUT2D eigenvalue weighted by atomic mass is 35.5. The van der Waals surface area contributed by atoms with Crippen LogP contribution in [0.2, 0.25) is 5.02 Å². The molecule has 0 bridgehead atoms. The van der Waals surface area contributed by atoms with E-state index in [4.69, 9.17) is 11.6 Å². The Bertz CT molecular complexity index is 962. The third-order valence-electron chi connectivity index (χ3n) is 5.70. The van der Waals surface area contributed by atoms with Gasteiger partial charge in [0.1, 0.15) is 5.82 Å². The average Bonchev–Trinajstić information content (AvgIpc) is 3.11. The number of nitrogens with one attached hydrogen (secondary N) is 1. The van der Waals surface area contributed by atoms with Gasteiger partial charge in [0.25, 0.3) is 0 Å². The quantitative estimate of drug-likeness (QED) is 0.809. The first-order valence-corrected chi connectivity index (χ1v) is 10.4. The molecular formula is C22H24ClFN4O2. The Morgan fingerprint density at radius 3 is 2.57 bits per heavy atom. The van der Waals surface area contributed by atoms with E-state index in [9.17, 15) is 14.0 Å². The Morgan fingerprint density at radius 1 is 1.10 bits per heavy atom. The summed E-state index contributed by atoms with van der Waals surface area (Å²) in [5.74, 6) is -1.55. The van der Waals surface area contributed by atoms with Gasteiger partial charge in [-0.25, -0.2) is 4.39 Å². The highest BCUT2D eigenvalue weighted by molar-refractivity contribution is 6.31. The second kappa shape index (κ2) is 8.62.